The average molecular weight is 292 g/mol. The lowest BCUT2D eigenvalue weighted by molar-refractivity contribution is 0.190. The van der Waals surface area contributed by atoms with Crippen LogP contribution < -0.4 is 10.1 Å². The molecule has 0 fully saturated rings. The zero-order valence-corrected chi connectivity index (χ0v) is 12.3. The quantitative estimate of drug-likeness (QED) is 0.845. The van der Waals surface area contributed by atoms with E-state index in [9.17, 15) is 5.11 Å². The number of halogens is 2. The number of aliphatic hydroxyl groups excluding tert-OH is 1. The van der Waals surface area contributed by atoms with Gasteiger partial charge in [0, 0.05) is 23.7 Å². The molecule has 0 saturated heterocycles. The zero-order valence-electron chi connectivity index (χ0n) is 10.8. The summed E-state index contributed by atoms with van der Waals surface area (Å²) in [4.78, 5) is 0. The van der Waals surface area contributed by atoms with Crippen molar-refractivity contribution in [3.05, 3.63) is 27.7 Å². The van der Waals surface area contributed by atoms with Gasteiger partial charge >= 0.3 is 0 Å². The van der Waals surface area contributed by atoms with E-state index < -0.39 is 6.10 Å². The summed E-state index contributed by atoms with van der Waals surface area (Å²) in [6.45, 7) is 6.66. The van der Waals surface area contributed by atoms with Crippen molar-refractivity contribution in [2.24, 2.45) is 0 Å². The number of hydrogen-bond donors (Lipinski definition) is 2. The van der Waals surface area contributed by atoms with E-state index in [1.54, 1.807) is 13.0 Å². The normalized spacial score (nSPS) is 12.8. The highest BCUT2D eigenvalue weighted by Gasteiger charge is 2.12. The Kier molecular flexibility index (Phi) is 6.22. The van der Waals surface area contributed by atoms with Crippen LogP contribution in [0, 0.1) is 0 Å². The first-order chi connectivity index (χ1) is 8.40. The average Bonchev–Trinajstić information content (AvgIpc) is 2.22. The number of hydrogen-bond acceptors (Lipinski definition) is 3. The highest BCUT2D eigenvalue weighted by atomic mass is 35.5. The van der Waals surface area contributed by atoms with Gasteiger partial charge in [-0.15, -0.1) is 0 Å². The summed E-state index contributed by atoms with van der Waals surface area (Å²) in [7, 11) is 0. The second-order valence-electron chi connectivity index (χ2n) is 4.52. The van der Waals surface area contributed by atoms with Gasteiger partial charge in [0.1, 0.15) is 5.75 Å². The van der Waals surface area contributed by atoms with E-state index in [1.165, 1.54) is 0 Å². The predicted molar refractivity (Wildman–Crippen MR) is 75.6 cm³/mol. The van der Waals surface area contributed by atoms with Crippen LogP contribution in [0.25, 0.3) is 0 Å². The molecule has 0 aliphatic rings. The van der Waals surface area contributed by atoms with E-state index in [-0.39, 0.29) is 6.10 Å². The third kappa shape index (κ3) is 5.02. The van der Waals surface area contributed by atoms with Gasteiger partial charge in [0.25, 0.3) is 0 Å². The molecular weight excluding hydrogens is 273 g/mol. The molecule has 0 radical (unpaired) electrons. The van der Waals surface area contributed by atoms with Crippen LogP contribution in [0.15, 0.2) is 12.1 Å². The molecule has 0 unspecified atom stereocenters. The highest BCUT2D eigenvalue weighted by molar-refractivity contribution is 6.35. The molecule has 0 amide bonds. The molecule has 0 bridgehead atoms. The van der Waals surface area contributed by atoms with Crippen molar-refractivity contribution in [1.82, 2.24) is 5.32 Å². The Morgan fingerprint density at radius 3 is 2.50 bits per heavy atom. The van der Waals surface area contributed by atoms with E-state index in [1.807, 2.05) is 19.9 Å². The van der Waals surface area contributed by atoms with E-state index >= 15 is 0 Å². The van der Waals surface area contributed by atoms with Crippen LogP contribution in [-0.4, -0.2) is 23.9 Å². The minimum absolute atomic E-state index is 0.0409. The fourth-order valence-corrected chi connectivity index (χ4v) is 2.11. The fraction of sp³-hybridized carbons (Fsp3) is 0.538. The van der Waals surface area contributed by atoms with Crippen LogP contribution in [0.3, 0.4) is 0 Å². The standard InChI is InChI=1S/C13H19Cl2NO2/c1-8(2)18-13-10(7-16-6-9(3)17)4-11(14)5-12(13)15/h4-5,8-9,16-17H,6-7H2,1-3H3/t9-/m1/s1. The Bertz CT molecular complexity index is 395. The van der Waals surface area contributed by atoms with Gasteiger partial charge in [-0.1, -0.05) is 23.2 Å². The second-order valence-corrected chi connectivity index (χ2v) is 5.37. The van der Waals surface area contributed by atoms with Crippen LogP contribution in [-0.2, 0) is 6.54 Å². The Hall–Kier alpha value is -0.480. The van der Waals surface area contributed by atoms with Crippen LogP contribution in [0.2, 0.25) is 10.0 Å². The summed E-state index contributed by atoms with van der Waals surface area (Å²) in [5, 5.41) is 13.4. The number of aliphatic hydroxyl groups is 1. The third-order valence-electron chi connectivity index (χ3n) is 2.19. The first-order valence-electron chi connectivity index (χ1n) is 5.93. The molecular formula is C13H19Cl2NO2. The maximum absolute atomic E-state index is 9.21. The van der Waals surface area contributed by atoms with Gasteiger partial charge in [-0.3, -0.25) is 0 Å². The summed E-state index contributed by atoms with van der Waals surface area (Å²) in [5.74, 6) is 0.647. The lowest BCUT2D eigenvalue weighted by Gasteiger charge is -2.17. The molecule has 1 aromatic carbocycles. The number of rotatable bonds is 6. The van der Waals surface area contributed by atoms with Gasteiger partial charge in [0.15, 0.2) is 0 Å². The van der Waals surface area contributed by atoms with E-state index in [2.05, 4.69) is 5.32 Å². The lowest BCUT2D eigenvalue weighted by atomic mass is 10.2. The van der Waals surface area contributed by atoms with Crippen molar-refractivity contribution in [1.29, 1.82) is 0 Å². The van der Waals surface area contributed by atoms with Crippen molar-refractivity contribution in [2.45, 2.75) is 39.5 Å². The first-order valence-corrected chi connectivity index (χ1v) is 6.69. The summed E-state index contributed by atoms with van der Waals surface area (Å²) in [6, 6.07) is 3.49. The minimum atomic E-state index is -0.394. The number of nitrogens with one attached hydrogen (secondary N) is 1. The van der Waals surface area contributed by atoms with Crippen molar-refractivity contribution >= 4 is 23.2 Å². The molecule has 0 aliphatic heterocycles. The van der Waals surface area contributed by atoms with Crippen LogP contribution >= 0.6 is 23.2 Å². The number of benzene rings is 1. The molecule has 1 atom stereocenters. The SMILES string of the molecule is CC(C)Oc1c(Cl)cc(Cl)cc1CNC[C@@H](C)O. The maximum Gasteiger partial charge on any atom is 0.142 e. The molecule has 0 aliphatic carbocycles. The maximum atomic E-state index is 9.21. The third-order valence-corrected chi connectivity index (χ3v) is 2.69. The molecule has 0 aromatic heterocycles. The molecule has 102 valence electrons. The van der Waals surface area contributed by atoms with Gasteiger partial charge in [-0.25, -0.2) is 0 Å². The van der Waals surface area contributed by atoms with Gasteiger partial charge in [0.05, 0.1) is 17.2 Å². The van der Waals surface area contributed by atoms with E-state index in [0.717, 1.165) is 5.56 Å². The molecule has 1 rings (SSSR count). The van der Waals surface area contributed by atoms with Crippen molar-refractivity contribution in [3.8, 4) is 5.75 Å². The Balaban J connectivity index is 2.85. The Morgan fingerprint density at radius 1 is 1.28 bits per heavy atom. The minimum Gasteiger partial charge on any atom is -0.489 e. The molecule has 5 heteroatoms. The largest absolute Gasteiger partial charge is 0.489 e. The van der Waals surface area contributed by atoms with Crippen molar-refractivity contribution in [2.75, 3.05) is 6.54 Å². The Labute approximate surface area is 118 Å². The zero-order chi connectivity index (χ0) is 13.7. The summed E-state index contributed by atoms with van der Waals surface area (Å²) < 4.78 is 5.70. The topological polar surface area (TPSA) is 41.5 Å². The smallest absolute Gasteiger partial charge is 0.142 e. The van der Waals surface area contributed by atoms with E-state index in [4.69, 9.17) is 27.9 Å². The molecule has 2 N–H and O–H groups in total. The van der Waals surface area contributed by atoms with Gasteiger partial charge in [-0.2, -0.15) is 0 Å². The van der Waals surface area contributed by atoms with Gasteiger partial charge in [-0.05, 0) is 32.9 Å². The van der Waals surface area contributed by atoms with Crippen molar-refractivity contribution in [3.63, 3.8) is 0 Å². The second kappa shape index (κ2) is 7.19. The van der Waals surface area contributed by atoms with Crippen molar-refractivity contribution < 1.29 is 9.84 Å². The Morgan fingerprint density at radius 2 is 1.94 bits per heavy atom. The first kappa shape index (κ1) is 15.6. The predicted octanol–water partition coefficient (Wildman–Crippen LogP) is 3.25. The van der Waals surface area contributed by atoms with Gasteiger partial charge < -0.3 is 15.2 Å². The molecule has 1 aromatic rings. The highest BCUT2D eigenvalue weighted by Crippen LogP contribution is 2.33. The van der Waals surface area contributed by atoms with Crippen LogP contribution in [0.5, 0.6) is 5.75 Å². The van der Waals surface area contributed by atoms with Gasteiger partial charge in [0.2, 0.25) is 0 Å². The van der Waals surface area contributed by atoms with E-state index in [0.29, 0.717) is 28.9 Å². The molecule has 18 heavy (non-hydrogen) atoms. The molecule has 0 heterocycles. The molecule has 3 nitrogen and oxygen atoms in total. The number of ether oxygens (including phenoxy) is 1. The van der Waals surface area contributed by atoms with Crippen LogP contribution in [0.4, 0.5) is 0 Å². The van der Waals surface area contributed by atoms with Crippen LogP contribution in [0.1, 0.15) is 26.3 Å². The summed E-state index contributed by atoms with van der Waals surface area (Å²) >= 11 is 12.1. The fourth-order valence-electron chi connectivity index (χ4n) is 1.53. The lowest BCUT2D eigenvalue weighted by Crippen LogP contribution is -2.24. The summed E-state index contributed by atoms with van der Waals surface area (Å²) in [5.41, 5.74) is 0.891. The monoisotopic (exact) mass is 291 g/mol. The molecule has 0 saturated carbocycles. The summed E-state index contributed by atoms with van der Waals surface area (Å²) in [6.07, 6.45) is -0.353. The molecule has 0 spiro atoms.